The average Bonchev–Trinajstić information content (AvgIpc) is 3.33. The number of allylic oxidation sites excluding steroid dienone is 3. The summed E-state index contributed by atoms with van der Waals surface area (Å²) in [5.74, 6) is 2.27. The average molecular weight is 537 g/mol. The van der Waals surface area contributed by atoms with Crippen molar-refractivity contribution in [2.45, 2.75) is 78.1 Å². The first-order valence-corrected chi connectivity index (χ1v) is 14.5. The number of methoxy groups -OCH3 is 3. The fraction of sp³-hybridized carbons (Fsp3) is 0.636. The summed E-state index contributed by atoms with van der Waals surface area (Å²) < 4.78 is 22.5. The Morgan fingerprint density at radius 2 is 1.69 bits per heavy atom. The van der Waals surface area contributed by atoms with Gasteiger partial charge in [0, 0.05) is 41.4 Å². The molecule has 1 heterocycles. The van der Waals surface area contributed by atoms with Crippen LogP contribution < -0.4 is 14.2 Å². The van der Waals surface area contributed by atoms with E-state index in [-0.39, 0.29) is 28.6 Å². The van der Waals surface area contributed by atoms with Crippen molar-refractivity contribution >= 4 is 11.8 Å². The van der Waals surface area contributed by atoms with Crippen LogP contribution >= 0.6 is 0 Å². The maximum absolute atomic E-state index is 14.7. The lowest BCUT2D eigenvalue weighted by Gasteiger charge is -2.64. The Bertz CT molecular complexity index is 1190. The maximum Gasteiger partial charge on any atom is 0.333 e. The van der Waals surface area contributed by atoms with Crippen LogP contribution in [0, 0.1) is 28.1 Å². The van der Waals surface area contributed by atoms with E-state index in [1.54, 1.807) is 21.3 Å². The Labute approximate surface area is 233 Å². The molecule has 3 fully saturated rings. The molecule has 6 heteroatoms. The van der Waals surface area contributed by atoms with Crippen molar-refractivity contribution in [3.8, 4) is 17.2 Å². The summed E-state index contributed by atoms with van der Waals surface area (Å²) >= 11 is 0. The fourth-order valence-corrected chi connectivity index (χ4v) is 8.89. The van der Waals surface area contributed by atoms with Crippen molar-refractivity contribution < 1.29 is 28.5 Å². The van der Waals surface area contributed by atoms with Crippen LogP contribution in [0.4, 0.5) is 0 Å². The van der Waals surface area contributed by atoms with Crippen molar-refractivity contribution in [3.63, 3.8) is 0 Å². The molecule has 212 valence electrons. The second kappa shape index (κ2) is 10.3. The SMILES string of the molecule is COc1cc(OC)c([C@@H]2C=CCC[C@]23C(=O)C[C@H]2C(C)(C)CCC[C@]2(C)[C@@H]3CC=C2CCOC2=O)cc1OC. The second-order valence-electron chi connectivity index (χ2n) is 12.9. The quantitative estimate of drug-likeness (QED) is 0.226. The minimum absolute atomic E-state index is 0.0392. The number of cyclic esters (lactones) is 1. The van der Waals surface area contributed by atoms with Gasteiger partial charge in [0.05, 0.1) is 27.9 Å². The summed E-state index contributed by atoms with van der Waals surface area (Å²) in [6.45, 7) is 7.57. The molecule has 0 aromatic heterocycles. The standard InChI is InChI=1S/C33H44O6/c1-31(2)14-9-15-32(3)27(12-11-21-13-17-39-30(21)35)33(29(34)20-28(31)32)16-8-7-10-23(33)22-18-25(37-5)26(38-6)19-24(22)36-4/h7,10-11,18-19,23,27-28H,8-9,12-17,20H2,1-6H3/t23-,27-,28-,32+,33-/m0/s1. The number of ether oxygens (including phenoxy) is 4. The molecule has 3 aliphatic carbocycles. The summed E-state index contributed by atoms with van der Waals surface area (Å²) in [5.41, 5.74) is 1.14. The molecule has 2 saturated carbocycles. The Morgan fingerprint density at radius 3 is 2.36 bits per heavy atom. The molecule has 1 aromatic rings. The minimum atomic E-state index is -0.611. The molecular weight excluding hydrogens is 492 g/mol. The van der Waals surface area contributed by atoms with Gasteiger partial charge in [0.1, 0.15) is 11.5 Å². The van der Waals surface area contributed by atoms with Crippen LogP contribution in [-0.4, -0.2) is 39.7 Å². The summed E-state index contributed by atoms with van der Waals surface area (Å²) in [7, 11) is 4.92. The van der Waals surface area contributed by atoms with Gasteiger partial charge in [-0.2, -0.15) is 0 Å². The molecule has 6 nitrogen and oxygen atoms in total. The van der Waals surface area contributed by atoms with Crippen molar-refractivity contribution in [1.82, 2.24) is 0 Å². The number of ketones is 1. The molecule has 39 heavy (non-hydrogen) atoms. The molecule has 5 atom stereocenters. The van der Waals surface area contributed by atoms with E-state index in [1.165, 1.54) is 0 Å². The predicted molar refractivity (Wildman–Crippen MR) is 150 cm³/mol. The zero-order chi connectivity index (χ0) is 28.0. The number of carbonyl (C=O) groups excluding carboxylic acids is 2. The van der Waals surface area contributed by atoms with Crippen LogP contribution in [0.5, 0.6) is 17.2 Å². The Kier molecular flexibility index (Phi) is 7.36. The molecule has 0 amide bonds. The van der Waals surface area contributed by atoms with Crippen molar-refractivity contribution in [3.05, 3.63) is 41.5 Å². The third-order valence-corrected chi connectivity index (χ3v) is 10.7. The van der Waals surface area contributed by atoms with Gasteiger partial charge in [-0.3, -0.25) is 4.79 Å². The lowest BCUT2D eigenvalue weighted by Crippen LogP contribution is -2.61. The first-order chi connectivity index (χ1) is 18.6. The normalized spacial score (nSPS) is 34.6. The van der Waals surface area contributed by atoms with Crippen LogP contribution in [0.15, 0.2) is 35.9 Å². The molecule has 5 rings (SSSR count). The van der Waals surface area contributed by atoms with Gasteiger partial charge in [0.15, 0.2) is 11.5 Å². The molecule has 1 saturated heterocycles. The molecule has 1 aromatic carbocycles. The first kappa shape index (κ1) is 27.8. The zero-order valence-electron chi connectivity index (χ0n) is 24.4. The Hall–Kier alpha value is -2.76. The first-order valence-electron chi connectivity index (χ1n) is 14.5. The van der Waals surface area contributed by atoms with Gasteiger partial charge in [0.25, 0.3) is 0 Å². The number of carbonyl (C=O) groups is 2. The van der Waals surface area contributed by atoms with Crippen molar-refractivity contribution in [2.75, 3.05) is 27.9 Å². The van der Waals surface area contributed by atoms with E-state index >= 15 is 0 Å². The van der Waals surface area contributed by atoms with Gasteiger partial charge >= 0.3 is 5.97 Å². The third-order valence-electron chi connectivity index (χ3n) is 10.7. The molecule has 0 bridgehead atoms. The van der Waals surface area contributed by atoms with Gasteiger partial charge in [-0.25, -0.2) is 4.79 Å². The highest BCUT2D eigenvalue weighted by atomic mass is 16.5. The highest BCUT2D eigenvalue weighted by molar-refractivity contribution is 5.91. The zero-order valence-corrected chi connectivity index (χ0v) is 24.4. The highest BCUT2D eigenvalue weighted by Crippen LogP contribution is 2.69. The number of hydrogen-bond donors (Lipinski definition) is 0. The number of Topliss-reactive ketones (excluding diaryl/α,β-unsaturated/α-hetero) is 1. The molecule has 4 aliphatic rings. The Balaban J connectivity index is 1.70. The Morgan fingerprint density at radius 1 is 0.974 bits per heavy atom. The number of hydrogen-bond acceptors (Lipinski definition) is 6. The van der Waals surface area contributed by atoms with Crippen LogP contribution in [0.2, 0.25) is 0 Å². The number of fused-ring (bicyclic) bond motifs is 1. The largest absolute Gasteiger partial charge is 0.496 e. The van der Waals surface area contributed by atoms with Crippen molar-refractivity contribution in [2.24, 2.45) is 28.1 Å². The smallest absolute Gasteiger partial charge is 0.333 e. The molecule has 0 radical (unpaired) electrons. The van der Waals surface area contributed by atoms with Crippen LogP contribution in [0.25, 0.3) is 0 Å². The van der Waals surface area contributed by atoms with E-state index in [4.69, 9.17) is 18.9 Å². The maximum atomic E-state index is 14.7. The third kappa shape index (κ3) is 4.38. The van der Waals surface area contributed by atoms with Crippen molar-refractivity contribution in [1.29, 1.82) is 0 Å². The molecule has 1 spiro atoms. The number of rotatable bonds is 6. The van der Waals surface area contributed by atoms with Gasteiger partial charge in [-0.15, -0.1) is 0 Å². The molecule has 0 N–H and O–H groups in total. The predicted octanol–water partition coefficient (Wildman–Crippen LogP) is 6.82. The van der Waals surface area contributed by atoms with Crippen LogP contribution in [0.1, 0.15) is 83.6 Å². The van der Waals surface area contributed by atoms with Gasteiger partial charge < -0.3 is 18.9 Å². The van der Waals surface area contributed by atoms with E-state index in [0.717, 1.165) is 43.2 Å². The summed E-state index contributed by atoms with van der Waals surface area (Å²) in [6, 6.07) is 3.87. The van der Waals surface area contributed by atoms with Crippen LogP contribution in [-0.2, 0) is 14.3 Å². The summed E-state index contributed by atoms with van der Waals surface area (Å²) in [4.78, 5) is 27.2. The van der Waals surface area contributed by atoms with E-state index < -0.39 is 5.41 Å². The van der Waals surface area contributed by atoms with Gasteiger partial charge in [-0.1, -0.05) is 45.4 Å². The highest BCUT2D eigenvalue weighted by Gasteiger charge is 2.65. The summed E-state index contributed by atoms with van der Waals surface area (Å²) in [5, 5.41) is 0. The van der Waals surface area contributed by atoms with E-state index in [1.807, 2.05) is 12.1 Å². The second-order valence-corrected chi connectivity index (χ2v) is 12.9. The number of esters is 1. The molecule has 1 aliphatic heterocycles. The van der Waals surface area contributed by atoms with Gasteiger partial charge in [-0.05, 0) is 60.8 Å². The lowest BCUT2D eigenvalue weighted by molar-refractivity contribution is -0.169. The fourth-order valence-electron chi connectivity index (χ4n) is 8.89. The lowest BCUT2D eigenvalue weighted by atomic mass is 9.39. The van der Waals surface area contributed by atoms with Crippen LogP contribution in [0.3, 0.4) is 0 Å². The van der Waals surface area contributed by atoms with E-state index in [9.17, 15) is 9.59 Å². The summed E-state index contributed by atoms with van der Waals surface area (Å²) in [6.07, 6.45) is 13.5. The van der Waals surface area contributed by atoms with Gasteiger partial charge in [0.2, 0.25) is 0 Å². The monoisotopic (exact) mass is 536 g/mol. The van der Waals surface area contributed by atoms with E-state index in [2.05, 4.69) is 39.0 Å². The number of benzene rings is 1. The molecular formula is C33H44O6. The minimum Gasteiger partial charge on any atom is -0.496 e. The van der Waals surface area contributed by atoms with E-state index in [0.29, 0.717) is 54.8 Å². The molecule has 0 unspecified atom stereocenters. The topological polar surface area (TPSA) is 71.1 Å².